The molecule has 4 N–H and O–H groups in total. The van der Waals surface area contributed by atoms with Crippen LogP contribution in [0, 0.1) is 0 Å². The van der Waals surface area contributed by atoms with Crippen molar-refractivity contribution in [1.29, 1.82) is 0 Å². The van der Waals surface area contributed by atoms with E-state index in [1.54, 1.807) is 22.9 Å². The first kappa shape index (κ1) is 13.8. The smallest absolute Gasteiger partial charge is 0.184 e. The van der Waals surface area contributed by atoms with Crippen LogP contribution in [0.1, 0.15) is 18.9 Å². The lowest BCUT2D eigenvalue weighted by Crippen LogP contribution is -2.28. The molecule has 21 heavy (non-hydrogen) atoms. The van der Waals surface area contributed by atoms with E-state index >= 15 is 0 Å². The zero-order valence-corrected chi connectivity index (χ0v) is 12.1. The summed E-state index contributed by atoms with van der Waals surface area (Å²) in [4.78, 5) is 0. The van der Waals surface area contributed by atoms with Gasteiger partial charge in [-0.15, -0.1) is 5.10 Å². The summed E-state index contributed by atoms with van der Waals surface area (Å²) in [5.41, 5.74) is 13.3. The molecule has 1 fully saturated rings. The molecule has 1 atom stereocenters. The number of nitrogens with zero attached hydrogens (tertiary/aromatic N) is 4. The van der Waals surface area contributed by atoms with Crippen molar-refractivity contribution < 1.29 is 8.42 Å². The monoisotopic (exact) mass is 308 g/mol. The predicted molar refractivity (Wildman–Crippen MR) is 79.0 cm³/mol. The molecule has 1 unspecified atom stereocenters. The lowest BCUT2D eigenvalue weighted by molar-refractivity contribution is 0.429. The molecule has 2 heterocycles. The number of sulfone groups is 1. The zero-order valence-electron chi connectivity index (χ0n) is 11.3. The number of nitrogens with two attached hydrogens (primary N) is 2. The Labute approximate surface area is 122 Å². The van der Waals surface area contributed by atoms with Crippen molar-refractivity contribution in [1.82, 2.24) is 20.2 Å². The predicted octanol–water partition coefficient (Wildman–Crippen LogP) is 0.254. The standard InChI is InChI=1S/C12H16N6O2S/c13-8-3-4-10(11(14)6-8)12-15-16-17-18(12)9-2-1-5-21(19,20)7-9/h3-4,6,9H,1-2,5,7,13-14H2. The largest absolute Gasteiger partial charge is 0.399 e. The molecule has 0 amide bonds. The Kier molecular flexibility index (Phi) is 3.28. The van der Waals surface area contributed by atoms with Gasteiger partial charge in [0.2, 0.25) is 0 Å². The summed E-state index contributed by atoms with van der Waals surface area (Å²) in [6, 6.07) is 4.82. The quantitative estimate of drug-likeness (QED) is 0.761. The third-order valence-corrected chi connectivity index (χ3v) is 5.40. The van der Waals surface area contributed by atoms with Gasteiger partial charge in [-0.3, -0.25) is 0 Å². The van der Waals surface area contributed by atoms with Gasteiger partial charge in [-0.25, -0.2) is 13.1 Å². The fourth-order valence-corrected chi connectivity index (χ4v) is 4.26. The van der Waals surface area contributed by atoms with Gasteiger partial charge in [0.25, 0.3) is 0 Å². The van der Waals surface area contributed by atoms with Crippen LogP contribution in [0.15, 0.2) is 18.2 Å². The molecule has 2 aromatic rings. The first-order chi connectivity index (χ1) is 9.96. The third kappa shape index (κ3) is 2.68. The van der Waals surface area contributed by atoms with E-state index in [1.165, 1.54) is 0 Å². The Balaban J connectivity index is 2.01. The van der Waals surface area contributed by atoms with Crippen LogP contribution in [-0.4, -0.2) is 40.1 Å². The minimum atomic E-state index is -3.04. The summed E-state index contributed by atoms with van der Waals surface area (Å²) >= 11 is 0. The van der Waals surface area contributed by atoms with Gasteiger partial charge in [-0.2, -0.15) is 0 Å². The summed E-state index contributed by atoms with van der Waals surface area (Å²) in [5, 5.41) is 11.6. The van der Waals surface area contributed by atoms with Gasteiger partial charge in [-0.05, 0) is 41.5 Å². The molecule has 0 saturated carbocycles. The average molecular weight is 308 g/mol. The lowest BCUT2D eigenvalue weighted by atomic mass is 10.1. The van der Waals surface area contributed by atoms with E-state index < -0.39 is 9.84 Å². The van der Waals surface area contributed by atoms with Gasteiger partial charge < -0.3 is 11.5 Å². The number of nitrogen functional groups attached to an aromatic ring is 2. The molecular formula is C12H16N6O2S. The molecule has 0 aliphatic carbocycles. The molecular weight excluding hydrogens is 292 g/mol. The second-order valence-corrected chi connectivity index (χ2v) is 7.43. The average Bonchev–Trinajstić information content (AvgIpc) is 2.86. The summed E-state index contributed by atoms with van der Waals surface area (Å²) in [5.74, 6) is 0.750. The van der Waals surface area contributed by atoms with Crippen molar-refractivity contribution in [3.63, 3.8) is 0 Å². The zero-order chi connectivity index (χ0) is 15.0. The first-order valence-corrected chi connectivity index (χ1v) is 8.42. The third-order valence-electron chi connectivity index (χ3n) is 3.59. The maximum atomic E-state index is 11.8. The van der Waals surface area contributed by atoms with E-state index in [0.29, 0.717) is 29.2 Å². The van der Waals surface area contributed by atoms with Crippen LogP contribution in [0.4, 0.5) is 11.4 Å². The van der Waals surface area contributed by atoms with Gasteiger partial charge in [0, 0.05) is 16.9 Å². The van der Waals surface area contributed by atoms with Crippen molar-refractivity contribution in [2.45, 2.75) is 18.9 Å². The van der Waals surface area contributed by atoms with E-state index in [1.807, 2.05) is 0 Å². The second kappa shape index (κ2) is 4.99. The van der Waals surface area contributed by atoms with Crippen LogP contribution in [0.2, 0.25) is 0 Å². The Bertz CT molecular complexity index is 770. The molecule has 0 radical (unpaired) electrons. The van der Waals surface area contributed by atoms with Crippen molar-refractivity contribution in [2.24, 2.45) is 0 Å². The normalized spacial score (nSPS) is 21.2. The molecule has 1 aliphatic heterocycles. The van der Waals surface area contributed by atoms with E-state index in [0.717, 1.165) is 6.42 Å². The molecule has 1 saturated heterocycles. The van der Waals surface area contributed by atoms with Crippen molar-refractivity contribution in [3.05, 3.63) is 18.2 Å². The van der Waals surface area contributed by atoms with Crippen molar-refractivity contribution in [3.8, 4) is 11.4 Å². The van der Waals surface area contributed by atoms with Crippen LogP contribution in [-0.2, 0) is 9.84 Å². The van der Waals surface area contributed by atoms with Gasteiger partial charge >= 0.3 is 0 Å². The lowest BCUT2D eigenvalue weighted by Gasteiger charge is -2.22. The van der Waals surface area contributed by atoms with Crippen molar-refractivity contribution in [2.75, 3.05) is 23.0 Å². The van der Waals surface area contributed by atoms with Crippen LogP contribution < -0.4 is 11.5 Å². The molecule has 112 valence electrons. The number of benzene rings is 1. The van der Waals surface area contributed by atoms with E-state index in [9.17, 15) is 8.42 Å². The second-order valence-electron chi connectivity index (χ2n) is 5.20. The maximum Gasteiger partial charge on any atom is 0.184 e. The molecule has 0 bridgehead atoms. The van der Waals surface area contributed by atoms with Gasteiger partial charge in [0.15, 0.2) is 15.7 Å². The van der Waals surface area contributed by atoms with Crippen LogP contribution in [0.25, 0.3) is 11.4 Å². The number of hydrogen-bond donors (Lipinski definition) is 2. The minimum absolute atomic E-state index is 0.0555. The van der Waals surface area contributed by atoms with E-state index in [-0.39, 0.29) is 17.5 Å². The van der Waals surface area contributed by atoms with Crippen molar-refractivity contribution >= 4 is 21.2 Å². The molecule has 8 nitrogen and oxygen atoms in total. The molecule has 3 rings (SSSR count). The number of aromatic nitrogens is 4. The van der Waals surface area contributed by atoms with Gasteiger partial charge in [-0.1, -0.05) is 0 Å². The highest BCUT2D eigenvalue weighted by molar-refractivity contribution is 7.91. The summed E-state index contributed by atoms with van der Waals surface area (Å²) in [6.07, 6.45) is 1.34. The molecule has 1 aliphatic rings. The van der Waals surface area contributed by atoms with Crippen LogP contribution in [0.3, 0.4) is 0 Å². The Morgan fingerprint density at radius 1 is 1.29 bits per heavy atom. The number of rotatable bonds is 2. The highest BCUT2D eigenvalue weighted by Crippen LogP contribution is 2.30. The topological polar surface area (TPSA) is 130 Å². The van der Waals surface area contributed by atoms with Crippen LogP contribution >= 0.6 is 0 Å². The Hall–Kier alpha value is -2.16. The minimum Gasteiger partial charge on any atom is -0.399 e. The van der Waals surface area contributed by atoms with Gasteiger partial charge in [0.1, 0.15) is 0 Å². The first-order valence-electron chi connectivity index (χ1n) is 6.60. The molecule has 1 aromatic heterocycles. The molecule has 1 aromatic carbocycles. The fraction of sp³-hybridized carbons (Fsp3) is 0.417. The Morgan fingerprint density at radius 2 is 2.10 bits per heavy atom. The summed E-state index contributed by atoms with van der Waals surface area (Å²) in [6.45, 7) is 0. The number of hydrogen-bond acceptors (Lipinski definition) is 7. The van der Waals surface area contributed by atoms with E-state index in [2.05, 4.69) is 15.5 Å². The van der Waals surface area contributed by atoms with E-state index in [4.69, 9.17) is 11.5 Å². The fourth-order valence-electron chi connectivity index (χ4n) is 2.59. The van der Waals surface area contributed by atoms with Crippen LogP contribution in [0.5, 0.6) is 0 Å². The number of tetrazole rings is 1. The molecule has 9 heteroatoms. The SMILES string of the molecule is Nc1ccc(-c2nnnn2C2CCCS(=O)(=O)C2)c(N)c1. The maximum absolute atomic E-state index is 11.8. The number of anilines is 2. The Morgan fingerprint density at radius 3 is 2.81 bits per heavy atom. The highest BCUT2D eigenvalue weighted by atomic mass is 32.2. The highest BCUT2D eigenvalue weighted by Gasteiger charge is 2.29. The molecule has 0 spiro atoms. The summed E-state index contributed by atoms with van der Waals surface area (Å²) < 4.78 is 25.1. The van der Waals surface area contributed by atoms with Gasteiger partial charge in [0.05, 0.1) is 17.5 Å². The summed E-state index contributed by atoms with van der Waals surface area (Å²) in [7, 11) is -3.04.